The number of nitrogens with zero attached hydrogens (tertiary/aromatic N) is 2. The lowest BCUT2D eigenvalue weighted by atomic mass is 9.77. The summed E-state index contributed by atoms with van der Waals surface area (Å²) in [5.41, 5.74) is 2.22. The first kappa shape index (κ1) is 25.6. The van der Waals surface area contributed by atoms with E-state index in [4.69, 9.17) is 9.47 Å². The van der Waals surface area contributed by atoms with Crippen molar-refractivity contribution in [1.82, 2.24) is 10.2 Å². The summed E-state index contributed by atoms with van der Waals surface area (Å²) in [4.78, 5) is 29.5. The molecule has 0 bridgehead atoms. The minimum absolute atomic E-state index is 0.0212. The molecule has 2 amide bonds. The Kier molecular flexibility index (Phi) is 7.44. The molecule has 0 aliphatic carbocycles. The van der Waals surface area contributed by atoms with E-state index < -0.39 is 5.82 Å². The van der Waals surface area contributed by atoms with Crippen LogP contribution in [0.2, 0.25) is 0 Å². The van der Waals surface area contributed by atoms with Crippen molar-refractivity contribution >= 4 is 17.5 Å². The zero-order valence-corrected chi connectivity index (χ0v) is 21.1. The highest BCUT2D eigenvalue weighted by atomic mass is 19.1. The number of aryl methyl sites for hydroxylation is 1. The van der Waals surface area contributed by atoms with Crippen molar-refractivity contribution in [2.45, 2.75) is 50.3 Å². The Morgan fingerprint density at radius 3 is 2.70 bits per heavy atom. The highest BCUT2D eigenvalue weighted by molar-refractivity contribution is 6.04. The second-order valence-corrected chi connectivity index (χ2v) is 10.2. The van der Waals surface area contributed by atoms with Crippen molar-refractivity contribution in [2.24, 2.45) is 0 Å². The van der Waals surface area contributed by atoms with Crippen LogP contribution in [0.5, 0.6) is 0 Å². The van der Waals surface area contributed by atoms with Crippen molar-refractivity contribution in [1.29, 1.82) is 0 Å². The monoisotopic (exact) mass is 513 g/mol. The first-order chi connectivity index (χ1) is 17.8. The molecule has 3 aliphatic heterocycles. The SMILES string of the molecule is CN1c2ccc(F)cc2C(=O)CC12CCN(C(=O)NCc1ccc(F)c(CCC3COCCO3)c1)CC2. The molecular formula is C28H33F2N3O4. The van der Waals surface area contributed by atoms with E-state index in [1.165, 1.54) is 18.2 Å². The summed E-state index contributed by atoms with van der Waals surface area (Å²) in [6, 6.07) is 9.10. The maximum atomic E-state index is 14.3. The molecule has 1 atom stereocenters. The molecule has 2 saturated heterocycles. The number of Topliss-reactive ketones (excluding diaryl/α,β-unsaturated/α-hetero) is 1. The largest absolute Gasteiger partial charge is 0.376 e. The van der Waals surface area contributed by atoms with E-state index in [0.717, 1.165) is 11.3 Å². The number of urea groups is 1. The number of rotatable bonds is 5. The number of fused-ring (bicyclic) bond motifs is 1. The summed E-state index contributed by atoms with van der Waals surface area (Å²) >= 11 is 0. The fourth-order valence-electron chi connectivity index (χ4n) is 5.67. The number of carbonyl (C=O) groups is 2. The Morgan fingerprint density at radius 1 is 1.14 bits per heavy atom. The number of likely N-dealkylation sites (tertiary alicyclic amines) is 1. The Bertz CT molecular complexity index is 1160. The van der Waals surface area contributed by atoms with Gasteiger partial charge in [-0.15, -0.1) is 0 Å². The molecule has 0 saturated carbocycles. The first-order valence-corrected chi connectivity index (χ1v) is 12.9. The normalized spacial score (nSPS) is 21.2. The number of ketones is 1. The van der Waals surface area contributed by atoms with Crippen LogP contribution in [0.3, 0.4) is 0 Å². The second kappa shape index (κ2) is 10.8. The minimum Gasteiger partial charge on any atom is -0.376 e. The van der Waals surface area contributed by atoms with Gasteiger partial charge in [-0.2, -0.15) is 0 Å². The van der Waals surface area contributed by atoms with Crippen molar-refractivity contribution in [2.75, 3.05) is 44.9 Å². The molecule has 1 N–H and O–H groups in total. The summed E-state index contributed by atoms with van der Waals surface area (Å²) < 4.78 is 39.1. The standard InChI is InChI=1S/C28H33F2N3O4/c1-32-25-7-4-21(29)15-23(25)26(34)16-28(32)8-10-33(11-9-28)27(35)31-17-19-2-6-24(30)20(14-19)3-5-22-18-36-12-13-37-22/h2,4,6-7,14-15,22H,3,5,8-13,16-18H2,1H3,(H,31,35). The maximum Gasteiger partial charge on any atom is 0.317 e. The van der Waals surface area contributed by atoms with Crippen LogP contribution < -0.4 is 10.2 Å². The molecule has 5 rings (SSSR count). The third-order valence-electron chi connectivity index (χ3n) is 7.98. The van der Waals surface area contributed by atoms with Gasteiger partial charge in [-0.05, 0) is 61.1 Å². The minimum atomic E-state index is -0.413. The summed E-state index contributed by atoms with van der Waals surface area (Å²) in [5, 5.41) is 2.95. The van der Waals surface area contributed by atoms with Crippen molar-refractivity contribution in [3.63, 3.8) is 0 Å². The summed E-state index contributed by atoms with van der Waals surface area (Å²) in [6.07, 6.45) is 2.80. The second-order valence-electron chi connectivity index (χ2n) is 10.2. The number of hydrogen-bond acceptors (Lipinski definition) is 5. The fourth-order valence-corrected chi connectivity index (χ4v) is 5.67. The van der Waals surface area contributed by atoms with Crippen LogP contribution in [-0.2, 0) is 22.4 Å². The number of piperidine rings is 1. The smallest absolute Gasteiger partial charge is 0.317 e. The van der Waals surface area contributed by atoms with E-state index in [1.54, 1.807) is 23.1 Å². The van der Waals surface area contributed by atoms with E-state index in [9.17, 15) is 18.4 Å². The molecule has 0 aromatic heterocycles. The van der Waals surface area contributed by atoms with Crippen LogP contribution in [-0.4, -0.2) is 68.3 Å². The molecule has 2 fully saturated rings. The Labute approximate surface area is 215 Å². The number of amides is 2. The first-order valence-electron chi connectivity index (χ1n) is 12.9. The fraction of sp³-hybridized carbons (Fsp3) is 0.500. The maximum absolute atomic E-state index is 14.3. The molecule has 1 unspecified atom stereocenters. The van der Waals surface area contributed by atoms with Gasteiger partial charge in [0.15, 0.2) is 5.78 Å². The highest BCUT2D eigenvalue weighted by Gasteiger charge is 2.45. The quantitative estimate of drug-likeness (QED) is 0.653. The third-order valence-corrected chi connectivity index (χ3v) is 7.98. The molecule has 1 spiro atoms. The van der Waals surface area contributed by atoms with Gasteiger partial charge in [-0.25, -0.2) is 13.6 Å². The Hall–Kier alpha value is -3.04. The van der Waals surface area contributed by atoms with E-state index in [1.807, 2.05) is 7.05 Å². The number of nitrogens with one attached hydrogen (secondary N) is 1. The van der Waals surface area contributed by atoms with Crippen molar-refractivity contribution < 1.29 is 27.8 Å². The van der Waals surface area contributed by atoms with Gasteiger partial charge >= 0.3 is 6.03 Å². The molecule has 2 aromatic carbocycles. The van der Waals surface area contributed by atoms with Gasteiger partial charge in [0.05, 0.1) is 31.5 Å². The molecule has 0 radical (unpaired) electrons. The van der Waals surface area contributed by atoms with Crippen LogP contribution in [0, 0.1) is 11.6 Å². The Balaban J connectivity index is 1.15. The number of benzene rings is 2. The number of halogens is 2. The lowest BCUT2D eigenvalue weighted by Crippen LogP contribution is -2.59. The van der Waals surface area contributed by atoms with Crippen LogP contribution in [0.25, 0.3) is 0 Å². The van der Waals surface area contributed by atoms with Gasteiger partial charge in [-0.3, -0.25) is 4.79 Å². The van der Waals surface area contributed by atoms with E-state index in [-0.39, 0.29) is 29.3 Å². The van der Waals surface area contributed by atoms with Crippen LogP contribution in [0.1, 0.15) is 47.2 Å². The van der Waals surface area contributed by atoms with E-state index in [0.29, 0.717) is 82.7 Å². The molecule has 37 heavy (non-hydrogen) atoms. The van der Waals surface area contributed by atoms with Crippen LogP contribution in [0.4, 0.5) is 19.3 Å². The lowest BCUT2D eigenvalue weighted by molar-refractivity contribution is -0.0904. The van der Waals surface area contributed by atoms with Gasteiger partial charge < -0.3 is 24.6 Å². The molecule has 9 heteroatoms. The van der Waals surface area contributed by atoms with E-state index >= 15 is 0 Å². The predicted molar refractivity (Wildman–Crippen MR) is 135 cm³/mol. The molecule has 3 heterocycles. The van der Waals surface area contributed by atoms with E-state index in [2.05, 4.69) is 10.2 Å². The topological polar surface area (TPSA) is 71.1 Å². The highest BCUT2D eigenvalue weighted by Crippen LogP contribution is 2.42. The van der Waals surface area contributed by atoms with Gasteiger partial charge in [0.1, 0.15) is 11.6 Å². The molecule has 2 aromatic rings. The summed E-state index contributed by atoms with van der Waals surface area (Å²) in [5.74, 6) is -0.729. The lowest BCUT2D eigenvalue weighted by Gasteiger charge is -2.50. The summed E-state index contributed by atoms with van der Waals surface area (Å²) in [6.45, 7) is 3.02. The van der Waals surface area contributed by atoms with Gasteiger partial charge in [0, 0.05) is 44.4 Å². The number of hydrogen-bond donors (Lipinski definition) is 1. The molecule has 198 valence electrons. The number of anilines is 1. The Morgan fingerprint density at radius 2 is 1.95 bits per heavy atom. The molecular weight excluding hydrogens is 480 g/mol. The molecule has 3 aliphatic rings. The van der Waals surface area contributed by atoms with Gasteiger partial charge in [0.2, 0.25) is 0 Å². The van der Waals surface area contributed by atoms with Crippen LogP contribution in [0.15, 0.2) is 36.4 Å². The third kappa shape index (κ3) is 5.48. The van der Waals surface area contributed by atoms with Gasteiger partial charge in [-0.1, -0.05) is 12.1 Å². The van der Waals surface area contributed by atoms with Crippen LogP contribution >= 0.6 is 0 Å². The number of ether oxygens (including phenoxy) is 2. The average molecular weight is 514 g/mol. The zero-order valence-electron chi connectivity index (χ0n) is 21.1. The molecule has 7 nitrogen and oxygen atoms in total. The van der Waals surface area contributed by atoms with Gasteiger partial charge in [0.25, 0.3) is 0 Å². The zero-order chi connectivity index (χ0) is 26.0. The van der Waals surface area contributed by atoms with Crippen molar-refractivity contribution in [3.05, 3.63) is 64.7 Å². The number of carbonyl (C=O) groups excluding carboxylic acids is 2. The summed E-state index contributed by atoms with van der Waals surface area (Å²) in [7, 11) is 1.94. The predicted octanol–water partition coefficient (Wildman–Crippen LogP) is 4.08. The average Bonchev–Trinajstić information content (AvgIpc) is 2.91. The van der Waals surface area contributed by atoms with Crippen molar-refractivity contribution in [3.8, 4) is 0 Å².